The molecule has 0 saturated heterocycles. The fraction of sp³-hybridized carbons (Fsp3) is 0.292. The van der Waals surface area contributed by atoms with Crippen LogP contribution in [0.2, 0.25) is 0 Å². The Morgan fingerprint density at radius 1 is 1.17 bits per heavy atom. The smallest absolute Gasteiger partial charge is 0.294 e. The third-order valence-corrected chi connectivity index (χ3v) is 5.70. The average Bonchev–Trinajstić information content (AvgIpc) is 3.28. The van der Waals surface area contributed by atoms with Gasteiger partial charge in [0.05, 0.1) is 29.4 Å². The summed E-state index contributed by atoms with van der Waals surface area (Å²) in [6, 6.07) is 8.85. The summed E-state index contributed by atoms with van der Waals surface area (Å²) in [6.45, 7) is 3.39. The van der Waals surface area contributed by atoms with Crippen molar-refractivity contribution in [1.29, 1.82) is 0 Å². The quantitative estimate of drug-likeness (QED) is 0.285. The van der Waals surface area contributed by atoms with E-state index in [4.69, 9.17) is 4.74 Å². The van der Waals surface area contributed by atoms with Crippen molar-refractivity contribution in [3.8, 4) is 17.3 Å². The lowest BCUT2D eigenvalue weighted by Gasteiger charge is -2.22. The highest BCUT2D eigenvalue weighted by molar-refractivity contribution is 5.77. The first-order valence-corrected chi connectivity index (χ1v) is 11.0. The number of nitrogens with zero attached hydrogens (tertiary/aromatic N) is 7. The molecule has 0 aliphatic carbocycles. The van der Waals surface area contributed by atoms with Crippen LogP contribution in [-0.4, -0.2) is 70.5 Å². The number of aryl methyl sites for hydroxylation is 1. The molecule has 0 amide bonds. The molecule has 1 N–H and O–H groups in total. The SMILES string of the molecule is COc1cc(N(C)CCN(C)C)c([N+](=O)[O-])cc1Nc1nccc(-c2ncc3c(C)cccn23)n1. The van der Waals surface area contributed by atoms with Crippen molar-refractivity contribution < 1.29 is 9.66 Å². The number of benzene rings is 1. The second-order valence-electron chi connectivity index (χ2n) is 8.44. The first-order chi connectivity index (χ1) is 16.8. The van der Waals surface area contributed by atoms with Gasteiger partial charge in [-0.15, -0.1) is 0 Å². The summed E-state index contributed by atoms with van der Waals surface area (Å²) in [5.74, 6) is 1.39. The summed E-state index contributed by atoms with van der Waals surface area (Å²) in [6.07, 6.45) is 5.35. The summed E-state index contributed by atoms with van der Waals surface area (Å²) >= 11 is 0. The zero-order valence-electron chi connectivity index (χ0n) is 20.4. The van der Waals surface area contributed by atoms with Crippen LogP contribution in [0.25, 0.3) is 17.0 Å². The van der Waals surface area contributed by atoms with Gasteiger partial charge in [0.15, 0.2) is 5.82 Å². The van der Waals surface area contributed by atoms with Crippen LogP contribution in [0.5, 0.6) is 5.75 Å². The number of anilines is 3. The Morgan fingerprint density at radius 3 is 2.69 bits per heavy atom. The molecular weight excluding hydrogens is 448 g/mol. The van der Waals surface area contributed by atoms with Gasteiger partial charge in [-0.1, -0.05) is 6.07 Å². The van der Waals surface area contributed by atoms with E-state index < -0.39 is 4.92 Å². The summed E-state index contributed by atoms with van der Waals surface area (Å²) in [5.41, 5.74) is 3.52. The predicted octanol–water partition coefficient (Wildman–Crippen LogP) is 3.76. The normalized spacial score (nSPS) is 11.1. The van der Waals surface area contributed by atoms with Crippen molar-refractivity contribution in [2.45, 2.75) is 6.92 Å². The number of pyridine rings is 1. The van der Waals surface area contributed by atoms with Crippen LogP contribution in [0.15, 0.2) is 48.9 Å². The van der Waals surface area contributed by atoms with Gasteiger partial charge in [-0.3, -0.25) is 14.5 Å². The lowest BCUT2D eigenvalue weighted by Crippen LogP contribution is -2.28. The predicted molar refractivity (Wildman–Crippen MR) is 136 cm³/mol. The van der Waals surface area contributed by atoms with Crippen molar-refractivity contribution in [2.24, 2.45) is 0 Å². The Hall–Kier alpha value is -4.25. The Bertz CT molecular complexity index is 1370. The van der Waals surface area contributed by atoms with Crippen LogP contribution >= 0.6 is 0 Å². The maximum atomic E-state index is 11.9. The van der Waals surface area contributed by atoms with E-state index in [0.717, 1.165) is 17.6 Å². The molecule has 0 radical (unpaired) electrons. The molecule has 11 nitrogen and oxygen atoms in total. The second-order valence-corrected chi connectivity index (χ2v) is 8.44. The summed E-state index contributed by atoms with van der Waals surface area (Å²) < 4.78 is 7.51. The van der Waals surface area contributed by atoms with E-state index in [0.29, 0.717) is 35.2 Å². The number of nitrogens with one attached hydrogen (secondary N) is 1. The zero-order chi connectivity index (χ0) is 25.1. The van der Waals surface area contributed by atoms with Gasteiger partial charge in [0.25, 0.3) is 5.69 Å². The van der Waals surface area contributed by atoms with Crippen LogP contribution in [0, 0.1) is 17.0 Å². The summed E-state index contributed by atoms with van der Waals surface area (Å²) in [4.78, 5) is 28.8. The van der Waals surface area contributed by atoms with Gasteiger partial charge < -0.3 is 19.9 Å². The number of nitro benzene ring substituents is 1. The lowest BCUT2D eigenvalue weighted by molar-refractivity contribution is -0.384. The van der Waals surface area contributed by atoms with Crippen molar-refractivity contribution >= 4 is 28.5 Å². The van der Waals surface area contributed by atoms with Crippen LogP contribution in [0.3, 0.4) is 0 Å². The molecule has 11 heteroatoms. The molecule has 1 aromatic carbocycles. The molecule has 0 aliphatic heterocycles. The highest BCUT2D eigenvalue weighted by atomic mass is 16.6. The molecule has 3 aromatic heterocycles. The molecule has 4 rings (SSSR count). The number of rotatable bonds is 9. The monoisotopic (exact) mass is 476 g/mol. The molecule has 0 fully saturated rings. The molecule has 0 unspecified atom stereocenters. The molecule has 0 spiro atoms. The highest BCUT2D eigenvalue weighted by Crippen LogP contribution is 2.39. The highest BCUT2D eigenvalue weighted by Gasteiger charge is 2.22. The number of methoxy groups -OCH3 is 1. The molecule has 0 atom stereocenters. The Morgan fingerprint density at radius 2 is 1.97 bits per heavy atom. The molecular formula is C24H28N8O3. The first-order valence-electron chi connectivity index (χ1n) is 11.0. The van der Waals surface area contributed by atoms with Gasteiger partial charge in [0.1, 0.15) is 17.1 Å². The minimum absolute atomic E-state index is 0.0413. The van der Waals surface area contributed by atoms with Gasteiger partial charge in [-0.05, 0) is 38.7 Å². The third-order valence-electron chi connectivity index (χ3n) is 5.70. The number of ether oxygens (including phenoxy) is 1. The average molecular weight is 477 g/mol. The van der Waals surface area contributed by atoms with Crippen molar-refractivity contribution in [3.05, 3.63) is 64.6 Å². The summed E-state index contributed by atoms with van der Waals surface area (Å²) in [7, 11) is 7.25. The van der Waals surface area contributed by atoms with Gasteiger partial charge in [-0.2, -0.15) is 0 Å². The molecule has 3 heterocycles. The molecule has 0 aliphatic rings. The largest absolute Gasteiger partial charge is 0.494 e. The number of imidazole rings is 1. The number of nitro groups is 1. The minimum Gasteiger partial charge on any atom is -0.494 e. The van der Waals surface area contributed by atoms with E-state index in [2.05, 4.69) is 20.3 Å². The number of hydrogen-bond acceptors (Lipinski definition) is 9. The van der Waals surface area contributed by atoms with Gasteiger partial charge in [0, 0.05) is 44.7 Å². The Labute approximate surface area is 203 Å². The molecule has 0 bridgehead atoms. The van der Waals surface area contributed by atoms with Gasteiger partial charge in [-0.25, -0.2) is 15.0 Å². The van der Waals surface area contributed by atoms with E-state index in [1.807, 2.05) is 60.6 Å². The number of hydrogen-bond donors (Lipinski definition) is 1. The van der Waals surface area contributed by atoms with Gasteiger partial charge in [0.2, 0.25) is 5.95 Å². The summed E-state index contributed by atoms with van der Waals surface area (Å²) in [5, 5.41) is 15.0. The van der Waals surface area contributed by atoms with Crippen molar-refractivity contribution in [3.63, 3.8) is 0 Å². The lowest BCUT2D eigenvalue weighted by atomic mass is 10.2. The van der Waals surface area contributed by atoms with Crippen molar-refractivity contribution in [1.82, 2.24) is 24.3 Å². The minimum atomic E-state index is -0.400. The number of likely N-dealkylation sites (N-methyl/N-ethyl adjacent to an activating group) is 2. The fourth-order valence-electron chi connectivity index (χ4n) is 3.76. The van der Waals surface area contributed by atoms with Crippen LogP contribution < -0.4 is 15.0 Å². The third kappa shape index (κ3) is 4.99. The molecule has 0 saturated carbocycles. The van der Waals surface area contributed by atoms with Crippen LogP contribution in [0.4, 0.5) is 23.0 Å². The van der Waals surface area contributed by atoms with Crippen LogP contribution in [-0.2, 0) is 0 Å². The molecule has 4 aromatic rings. The first kappa shape index (κ1) is 23.9. The van der Waals surface area contributed by atoms with Crippen LogP contribution in [0.1, 0.15) is 5.56 Å². The van der Waals surface area contributed by atoms with Crippen molar-refractivity contribution in [2.75, 3.05) is 51.6 Å². The maximum absolute atomic E-state index is 11.9. The maximum Gasteiger partial charge on any atom is 0.294 e. The van der Waals surface area contributed by atoms with E-state index >= 15 is 0 Å². The Balaban J connectivity index is 1.69. The Kier molecular flexibility index (Phi) is 6.78. The fourth-order valence-corrected chi connectivity index (χ4v) is 3.76. The van der Waals surface area contributed by atoms with E-state index in [-0.39, 0.29) is 11.6 Å². The molecule has 182 valence electrons. The van der Waals surface area contributed by atoms with E-state index in [9.17, 15) is 10.1 Å². The zero-order valence-corrected chi connectivity index (χ0v) is 20.4. The number of aromatic nitrogens is 4. The standard InChI is InChI=1S/C24H28N8O3/c1-16-7-6-10-31-21(16)15-26-23(31)17-8-9-25-24(27-17)28-18-13-20(32(33)34)19(14-22(18)35-5)30(4)12-11-29(2)3/h6-10,13-15H,11-12H2,1-5H3,(H,25,27,28). The number of fused-ring (bicyclic) bond motifs is 1. The second kappa shape index (κ2) is 9.94. The molecule has 35 heavy (non-hydrogen) atoms. The van der Waals surface area contributed by atoms with E-state index in [1.54, 1.807) is 24.5 Å². The topological polar surface area (TPSA) is 114 Å². The van der Waals surface area contributed by atoms with Gasteiger partial charge >= 0.3 is 0 Å². The van der Waals surface area contributed by atoms with E-state index in [1.165, 1.54) is 13.2 Å².